The summed E-state index contributed by atoms with van der Waals surface area (Å²) >= 11 is 1.43. The van der Waals surface area contributed by atoms with Gasteiger partial charge >= 0.3 is 6.18 Å². The zero-order chi connectivity index (χ0) is 25.9. The van der Waals surface area contributed by atoms with E-state index in [1.165, 1.54) is 29.3 Å². The molecule has 2 bridgehead atoms. The molecule has 4 aromatic heterocycles. The Morgan fingerprint density at radius 2 is 2.08 bits per heavy atom. The third kappa shape index (κ3) is 4.23. The van der Waals surface area contributed by atoms with Crippen LogP contribution in [0.4, 0.5) is 18.2 Å². The maximum absolute atomic E-state index is 13.8. The molecule has 0 radical (unpaired) electrons. The molecule has 196 valence electrons. The molecular formula is C24H27F3N8OS. The lowest BCUT2D eigenvalue weighted by Crippen LogP contribution is -2.46. The van der Waals surface area contributed by atoms with Gasteiger partial charge in [0.1, 0.15) is 16.3 Å². The topological polar surface area (TPSA) is 87.5 Å². The molecular weight excluding hydrogens is 505 g/mol. The molecule has 9 nitrogen and oxygen atoms in total. The van der Waals surface area contributed by atoms with Gasteiger partial charge in [-0.3, -0.25) is 10.00 Å². The molecule has 0 aromatic carbocycles. The Morgan fingerprint density at radius 1 is 1.24 bits per heavy atom. The van der Waals surface area contributed by atoms with Crippen LogP contribution >= 0.6 is 11.3 Å². The van der Waals surface area contributed by atoms with Gasteiger partial charge < -0.3 is 9.64 Å². The van der Waals surface area contributed by atoms with Crippen LogP contribution in [0.2, 0.25) is 0 Å². The first-order chi connectivity index (χ1) is 17.8. The largest absolute Gasteiger partial charge is 0.493 e. The van der Waals surface area contributed by atoms with Gasteiger partial charge in [0.2, 0.25) is 0 Å². The smallest absolute Gasteiger partial charge is 0.393 e. The van der Waals surface area contributed by atoms with Gasteiger partial charge in [0, 0.05) is 42.5 Å². The van der Waals surface area contributed by atoms with E-state index in [-0.39, 0.29) is 11.3 Å². The lowest BCUT2D eigenvalue weighted by Gasteiger charge is -2.34. The lowest BCUT2D eigenvalue weighted by molar-refractivity contribution is -0.127. The number of nitrogens with one attached hydrogen (secondary N) is 1. The molecule has 1 N–H and O–H groups in total. The number of aromatic nitrogens is 6. The van der Waals surface area contributed by atoms with Crippen molar-refractivity contribution in [1.29, 1.82) is 0 Å². The highest BCUT2D eigenvalue weighted by molar-refractivity contribution is 7.19. The summed E-state index contributed by atoms with van der Waals surface area (Å²) in [6.07, 6.45) is -0.354. The summed E-state index contributed by atoms with van der Waals surface area (Å²) in [6, 6.07) is 2.57. The summed E-state index contributed by atoms with van der Waals surface area (Å²) in [6.45, 7) is 7.17. The molecule has 13 heteroatoms. The second-order valence-corrected chi connectivity index (χ2v) is 10.6. The number of halogens is 3. The number of methoxy groups -OCH3 is 1. The van der Waals surface area contributed by atoms with Crippen LogP contribution < -0.4 is 9.64 Å². The van der Waals surface area contributed by atoms with Gasteiger partial charge in [0.15, 0.2) is 11.4 Å². The average molecular weight is 533 g/mol. The number of hydrogen-bond acceptors (Lipinski definition) is 8. The number of piperazine rings is 1. The van der Waals surface area contributed by atoms with Crippen molar-refractivity contribution in [2.75, 3.05) is 31.6 Å². The van der Waals surface area contributed by atoms with Crippen LogP contribution in [0.1, 0.15) is 31.0 Å². The molecule has 0 unspecified atom stereocenters. The van der Waals surface area contributed by atoms with Crippen LogP contribution in [0.15, 0.2) is 18.6 Å². The molecule has 2 fully saturated rings. The number of thiazole rings is 1. The van der Waals surface area contributed by atoms with E-state index in [1.54, 1.807) is 12.3 Å². The highest BCUT2D eigenvalue weighted by atomic mass is 32.1. The minimum Gasteiger partial charge on any atom is -0.493 e. The van der Waals surface area contributed by atoms with E-state index in [9.17, 15) is 13.2 Å². The highest BCUT2D eigenvalue weighted by Gasteiger charge is 2.44. The summed E-state index contributed by atoms with van der Waals surface area (Å²) in [5.41, 5.74) is 2.27. The van der Waals surface area contributed by atoms with E-state index in [1.807, 2.05) is 6.92 Å². The number of ether oxygens (including phenoxy) is 1. The summed E-state index contributed by atoms with van der Waals surface area (Å²) in [5, 5.41) is 12.8. The molecule has 0 spiro atoms. The van der Waals surface area contributed by atoms with E-state index < -0.39 is 12.6 Å². The minimum atomic E-state index is -4.43. The molecule has 2 aliphatic rings. The molecule has 2 aliphatic heterocycles. The van der Waals surface area contributed by atoms with E-state index in [2.05, 4.69) is 37.0 Å². The Kier molecular flexibility index (Phi) is 5.86. The summed E-state index contributed by atoms with van der Waals surface area (Å²) in [7, 11) is 1.48. The van der Waals surface area contributed by atoms with Crippen molar-refractivity contribution in [2.24, 2.45) is 0 Å². The van der Waals surface area contributed by atoms with Crippen molar-refractivity contribution >= 4 is 22.0 Å². The zero-order valence-corrected chi connectivity index (χ0v) is 21.5. The Balaban J connectivity index is 1.38. The predicted octanol–water partition coefficient (Wildman–Crippen LogP) is 4.34. The fourth-order valence-electron chi connectivity index (χ4n) is 5.65. The molecule has 2 atom stereocenters. The zero-order valence-electron chi connectivity index (χ0n) is 20.7. The standard InChI is InChI=1S/C24H27F3N8OS/c1-4-5-33-10-16-7-15(33)11-34(16)23-13(2)30-22(37-23)20-17(8-24(25,26)27)19(31-32-20)14-6-18(36-3)21-28-12-29-35(21)9-14/h6,9,12,15-16H,4-5,7-8,10-11H2,1-3H3,(H,31,32)/t15-,16-/m1/s1. The SMILES string of the molecule is CCCN1C[C@H]2C[C@@H]1CN2c1sc(-c2[nH]nc(-c3cc(OC)c4ncnn4c3)c2CC(F)(F)F)nc1C. The number of fused-ring (bicyclic) bond motifs is 3. The first kappa shape index (κ1) is 24.2. The van der Waals surface area contributed by atoms with Gasteiger partial charge in [-0.1, -0.05) is 18.3 Å². The highest BCUT2D eigenvalue weighted by Crippen LogP contribution is 2.43. The third-order valence-electron chi connectivity index (χ3n) is 7.19. The summed E-state index contributed by atoms with van der Waals surface area (Å²) < 4.78 is 48.2. The van der Waals surface area contributed by atoms with Crippen molar-refractivity contribution in [3.63, 3.8) is 0 Å². The second kappa shape index (κ2) is 8.98. The molecule has 2 saturated heterocycles. The van der Waals surface area contributed by atoms with Crippen molar-refractivity contribution in [1.82, 2.24) is 34.7 Å². The number of likely N-dealkylation sites (tertiary alicyclic amines) is 1. The molecule has 6 rings (SSSR count). The van der Waals surface area contributed by atoms with E-state index in [0.717, 1.165) is 43.2 Å². The molecule has 4 aromatic rings. The Hall–Kier alpha value is -3.19. The van der Waals surface area contributed by atoms with Gasteiger partial charge in [-0.05, 0) is 32.4 Å². The Bertz CT molecular complexity index is 1440. The maximum atomic E-state index is 13.8. The van der Waals surface area contributed by atoms with Crippen molar-refractivity contribution in [3.05, 3.63) is 29.8 Å². The normalized spacial score (nSPS) is 20.0. The molecule has 6 heterocycles. The number of pyridine rings is 1. The Labute approximate surface area is 215 Å². The first-order valence-electron chi connectivity index (χ1n) is 12.3. The van der Waals surface area contributed by atoms with Crippen LogP contribution in [0, 0.1) is 6.92 Å². The van der Waals surface area contributed by atoms with Gasteiger partial charge in [0.25, 0.3) is 0 Å². The number of alkyl halides is 3. The fourth-order valence-corrected chi connectivity index (χ4v) is 6.82. The fraction of sp³-hybridized carbons (Fsp3) is 0.500. The number of nitrogens with zero attached hydrogens (tertiary/aromatic N) is 7. The third-order valence-corrected chi connectivity index (χ3v) is 8.40. The molecule has 0 amide bonds. The van der Waals surface area contributed by atoms with Gasteiger partial charge in [-0.25, -0.2) is 14.5 Å². The van der Waals surface area contributed by atoms with Crippen molar-refractivity contribution < 1.29 is 17.9 Å². The lowest BCUT2D eigenvalue weighted by atomic mass is 10.0. The molecule has 0 aliphatic carbocycles. The maximum Gasteiger partial charge on any atom is 0.393 e. The summed E-state index contributed by atoms with van der Waals surface area (Å²) in [5.74, 6) is 0.395. The predicted molar refractivity (Wildman–Crippen MR) is 134 cm³/mol. The van der Waals surface area contributed by atoms with Gasteiger partial charge in [-0.2, -0.15) is 23.4 Å². The number of hydrogen-bond donors (Lipinski definition) is 1. The number of H-pyrrole nitrogens is 1. The van der Waals surface area contributed by atoms with Crippen LogP contribution in [0.3, 0.4) is 0 Å². The summed E-state index contributed by atoms with van der Waals surface area (Å²) in [4.78, 5) is 13.8. The van der Waals surface area contributed by atoms with Gasteiger partial charge in [0.05, 0.1) is 30.6 Å². The number of aryl methyl sites for hydroxylation is 1. The van der Waals surface area contributed by atoms with E-state index in [0.29, 0.717) is 39.7 Å². The van der Waals surface area contributed by atoms with E-state index in [4.69, 9.17) is 9.72 Å². The van der Waals surface area contributed by atoms with Gasteiger partial charge in [-0.15, -0.1) is 0 Å². The van der Waals surface area contributed by atoms with Crippen LogP contribution in [-0.2, 0) is 6.42 Å². The number of anilines is 1. The average Bonchev–Trinajstić information content (AvgIpc) is 3.66. The van der Waals surface area contributed by atoms with Crippen molar-refractivity contribution in [3.8, 4) is 27.7 Å². The quantitative estimate of drug-likeness (QED) is 0.379. The van der Waals surface area contributed by atoms with E-state index >= 15 is 0 Å². The van der Waals surface area contributed by atoms with Crippen LogP contribution in [0.5, 0.6) is 5.75 Å². The van der Waals surface area contributed by atoms with Crippen LogP contribution in [0.25, 0.3) is 27.6 Å². The number of rotatable bonds is 7. The van der Waals surface area contributed by atoms with Crippen molar-refractivity contribution in [2.45, 2.75) is 51.4 Å². The first-order valence-corrected chi connectivity index (χ1v) is 13.1. The Morgan fingerprint density at radius 3 is 2.78 bits per heavy atom. The monoisotopic (exact) mass is 532 g/mol. The molecule has 37 heavy (non-hydrogen) atoms. The van der Waals surface area contributed by atoms with Crippen LogP contribution in [-0.4, -0.2) is 79.7 Å². The second-order valence-electron chi connectivity index (χ2n) is 9.64. The number of aromatic amines is 1. The minimum absolute atomic E-state index is 0.0476. The molecule has 0 saturated carbocycles.